The van der Waals surface area contributed by atoms with Crippen molar-refractivity contribution in [2.24, 2.45) is 0 Å². The molecule has 0 spiro atoms. The summed E-state index contributed by atoms with van der Waals surface area (Å²) in [7, 11) is -4.04. The summed E-state index contributed by atoms with van der Waals surface area (Å²) in [5.74, 6) is 0. The van der Waals surface area contributed by atoms with Crippen molar-refractivity contribution in [2.75, 3.05) is 0 Å². The zero-order valence-corrected chi connectivity index (χ0v) is 13.7. The van der Waals surface area contributed by atoms with Gasteiger partial charge in [-0.3, -0.25) is 4.57 Å². The fourth-order valence-corrected chi connectivity index (χ4v) is 2.54. The molecule has 0 bridgehead atoms. The summed E-state index contributed by atoms with van der Waals surface area (Å²) in [4.78, 5) is 17.4. The average molecular weight is 326 g/mol. The Morgan fingerprint density at radius 1 is 0.652 bits per heavy atom. The summed E-state index contributed by atoms with van der Waals surface area (Å²) in [5, 5.41) is 0.0723. The molecular weight excluding hydrogens is 307 g/mol. The molecule has 3 aromatic carbocycles. The molecule has 4 heteroatoms. The molecule has 2 N–H and O–H groups in total. The third-order valence-corrected chi connectivity index (χ3v) is 4.22. The highest BCUT2D eigenvalue weighted by Gasteiger charge is 2.15. The van der Waals surface area contributed by atoms with Gasteiger partial charge in [0.25, 0.3) is 0 Å². The molecule has 0 unspecified atom stereocenters. The van der Waals surface area contributed by atoms with E-state index in [0.29, 0.717) is 0 Å². The van der Waals surface area contributed by atoms with Crippen LogP contribution >= 0.6 is 7.60 Å². The minimum absolute atomic E-state index is 0.0723. The molecule has 0 saturated heterocycles. The van der Waals surface area contributed by atoms with Gasteiger partial charge in [-0.2, -0.15) is 0 Å². The second-order valence-corrected chi connectivity index (χ2v) is 6.72. The Kier molecular flexibility index (Phi) is 5.89. The lowest BCUT2D eigenvalue weighted by Crippen LogP contribution is -2.02. The number of hydrogen-bond acceptors (Lipinski definition) is 1. The van der Waals surface area contributed by atoms with Crippen molar-refractivity contribution >= 4 is 12.9 Å². The maximum absolute atomic E-state index is 10.6. The molecule has 0 aliphatic heterocycles. The van der Waals surface area contributed by atoms with Crippen LogP contribution in [-0.4, -0.2) is 9.79 Å². The van der Waals surface area contributed by atoms with E-state index in [9.17, 15) is 4.57 Å². The van der Waals surface area contributed by atoms with Gasteiger partial charge >= 0.3 is 7.60 Å². The molecular formula is C19H19O3P. The summed E-state index contributed by atoms with van der Waals surface area (Å²) in [6, 6.07) is 27.0. The molecule has 118 valence electrons. The normalized spacial score (nSPS) is 10.6. The van der Waals surface area contributed by atoms with Crippen molar-refractivity contribution in [2.45, 2.75) is 6.92 Å². The highest BCUT2D eigenvalue weighted by atomic mass is 31.2. The first-order chi connectivity index (χ1) is 11.0. The first-order valence-electron chi connectivity index (χ1n) is 7.20. The Morgan fingerprint density at radius 3 is 1.39 bits per heavy atom. The van der Waals surface area contributed by atoms with Crippen molar-refractivity contribution in [3.63, 3.8) is 0 Å². The van der Waals surface area contributed by atoms with Gasteiger partial charge in [-0.1, -0.05) is 78.4 Å². The van der Waals surface area contributed by atoms with Gasteiger partial charge in [0.2, 0.25) is 0 Å². The molecule has 3 aromatic rings. The van der Waals surface area contributed by atoms with Crippen LogP contribution in [-0.2, 0) is 4.57 Å². The van der Waals surface area contributed by atoms with E-state index in [4.69, 9.17) is 9.79 Å². The molecule has 0 radical (unpaired) electrons. The molecule has 3 rings (SSSR count). The van der Waals surface area contributed by atoms with Gasteiger partial charge in [0, 0.05) is 0 Å². The lowest BCUT2D eigenvalue weighted by atomic mass is 10.1. The Labute approximate surface area is 136 Å². The third-order valence-electron chi connectivity index (χ3n) is 3.25. The van der Waals surface area contributed by atoms with E-state index in [-0.39, 0.29) is 5.30 Å². The lowest BCUT2D eigenvalue weighted by molar-refractivity contribution is 0.387. The molecule has 0 fully saturated rings. The van der Waals surface area contributed by atoms with Crippen LogP contribution in [0.5, 0.6) is 0 Å². The number of aryl methyl sites for hydroxylation is 1. The summed E-state index contributed by atoms with van der Waals surface area (Å²) in [6.45, 7) is 1.86. The van der Waals surface area contributed by atoms with Crippen LogP contribution in [0.4, 0.5) is 0 Å². The van der Waals surface area contributed by atoms with Crippen LogP contribution in [0.3, 0.4) is 0 Å². The first-order valence-corrected chi connectivity index (χ1v) is 8.81. The van der Waals surface area contributed by atoms with Gasteiger partial charge in [-0.15, -0.1) is 0 Å². The molecule has 0 aliphatic carbocycles. The van der Waals surface area contributed by atoms with Gasteiger partial charge in [-0.25, -0.2) is 0 Å². The van der Waals surface area contributed by atoms with Crippen LogP contribution in [0.15, 0.2) is 84.9 Å². The summed E-state index contributed by atoms with van der Waals surface area (Å²) in [5.41, 5.74) is 3.54. The number of benzene rings is 3. The van der Waals surface area contributed by atoms with E-state index in [1.165, 1.54) is 23.3 Å². The monoisotopic (exact) mass is 326 g/mol. The standard InChI is InChI=1S/C12H10.C7H9O3P/c1-3-7-11(8-4-1)12-9-5-2-6-10-12;1-6-2-4-7(5-3-6)11(8,9)10/h1-10H;2-5H,1H3,(H2,8,9,10). The van der Waals surface area contributed by atoms with Gasteiger partial charge < -0.3 is 9.79 Å². The van der Waals surface area contributed by atoms with Crippen LogP contribution in [0.1, 0.15) is 5.56 Å². The zero-order valence-electron chi connectivity index (χ0n) is 12.8. The van der Waals surface area contributed by atoms with E-state index in [1.807, 2.05) is 19.1 Å². The maximum atomic E-state index is 10.6. The smallest absolute Gasteiger partial charge is 0.321 e. The van der Waals surface area contributed by atoms with Gasteiger partial charge in [0.05, 0.1) is 5.30 Å². The van der Waals surface area contributed by atoms with Crippen LogP contribution in [0, 0.1) is 6.92 Å². The van der Waals surface area contributed by atoms with Gasteiger partial charge in [-0.05, 0) is 30.2 Å². The minimum Gasteiger partial charge on any atom is -0.321 e. The fraction of sp³-hybridized carbons (Fsp3) is 0.0526. The zero-order chi connectivity index (χ0) is 16.7. The summed E-state index contributed by atoms with van der Waals surface area (Å²) in [6.07, 6.45) is 0. The highest BCUT2D eigenvalue weighted by molar-refractivity contribution is 7.60. The maximum Gasteiger partial charge on any atom is 0.356 e. The quantitative estimate of drug-likeness (QED) is 0.696. The van der Waals surface area contributed by atoms with E-state index >= 15 is 0 Å². The second-order valence-electron chi connectivity index (χ2n) is 5.11. The second kappa shape index (κ2) is 7.89. The topological polar surface area (TPSA) is 57.5 Å². The molecule has 0 saturated carbocycles. The van der Waals surface area contributed by atoms with Crippen molar-refractivity contribution in [1.82, 2.24) is 0 Å². The molecule has 3 nitrogen and oxygen atoms in total. The van der Waals surface area contributed by atoms with Gasteiger partial charge in [0.1, 0.15) is 0 Å². The summed E-state index contributed by atoms with van der Waals surface area (Å²) < 4.78 is 10.6. The average Bonchev–Trinajstić information content (AvgIpc) is 2.57. The van der Waals surface area contributed by atoms with Crippen molar-refractivity contribution in [3.8, 4) is 11.1 Å². The SMILES string of the molecule is Cc1ccc(P(=O)(O)O)cc1.c1ccc(-c2ccccc2)cc1. The molecule has 0 atom stereocenters. The molecule has 0 heterocycles. The molecule has 23 heavy (non-hydrogen) atoms. The summed E-state index contributed by atoms with van der Waals surface area (Å²) >= 11 is 0. The Morgan fingerprint density at radius 2 is 1.04 bits per heavy atom. The fourth-order valence-electron chi connectivity index (χ4n) is 2.00. The highest BCUT2D eigenvalue weighted by Crippen LogP contribution is 2.32. The number of rotatable bonds is 2. The van der Waals surface area contributed by atoms with Crippen LogP contribution in [0.25, 0.3) is 11.1 Å². The van der Waals surface area contributed by atoms with Crippen LogP contribution < -0.4 is 5.30 Å². The van der Waals surface area contributed by atoms with E-state index in [1.54, 1.807) is 12.1 Å². The largest absolute Gasteiger partial charge is 0.356 e. The van der Waals surface area contributed by atoms with Crippen molar-refractivity contribution in [1.29, 1.82) is 0 Å². The third kappa shape index (κ3) is 5.50. The van der Waals surface area contributed by atoms with Crippen LogP contribution in [0.2, 0.25) is 0 Å². The van der Waals surface area contributed by atoms with Crippen molar-refractivity contribution < 1.29 is 14.4 Å². The Hall–Kier alpha value is -2.19. The molecule has 0 aliphatic rings. The predicted molar refractivity (Wildman–Crippen MR) is 94.7 cm³/mol. The molecule has 0 aromatic heterocycles. The van der Waals surface area contributed by atoms with Crippen molar-refractivity contribution in [3.05, 3.63) is 90.5 Å². The predicted octanol–water partition coefficient (Wildman–Crippen LogP) is 4.15. The first kappa shape index (κ1) is 17.2. The minimum atomic E-state index is -4.04. The lowest BCUT2D eigenvalue weighted by Gasteiger charge is -2.02. The van der Waals surface area contributed by atoms with E-state index < -0.39 is 7.60 Å². The van der Waals surface area contributed by atoms with Gasteiger partial charge in [0.15, 0.2) is 0 Å². The molecule has 0 amide bonds. The Bertz CT molecular complexity index is 725. The van der Waals surface area contributed by atoms with E-state index in [2.05, 4.69) is 48.5 Å². The van der Waals surface area contributed by atoms with E-state index in [0.717, 1.165) is 5.56 Å². The number of hydrogen-bond donors (Lipinski definition) is 2. The Balaban J connectivity index is 0.000000168.